The normalized spacial score (nSPS) is 10.6. The first kappa shape index (κ1) is 13.4. The van der Waals surface area contributed by atoms with Gasteiger partial charge in [0, 0.05) is 11.4 Å². The monoisotopic (exact) mass is 302 g/mol. The van der Waals surface area contributed by atoms with Gasteiger partial charge in [-0.1, -0.05) is 6.07 Å². The number of nitrogens with one attached hydrogen (secondary N) is 2. The second-order valence-electron chi connectivity index (χ2n) is 4.51. The number of nitrogens with zero attached hydrogens (tertiary/aromatic N) is 2. The molecule has 0 aliphatic rings. The minimum absolute atomic E-state index is 0.397. The summed E-state index contributed by atoms with van der Waals surface area (Å²) in [5, 5.41) is 5.30. The van der Waals surface area contributed by atoms with Crippen LogP contribution < -0.4 is 10.6 Å². The molecule has 0 unspecified atom stereocenters. The molecule has 2 aromatic carbocycles. The van der Waals surface area contributed by atoms with Gasteiger partial charge in [0.1, 0.15) is 16.9 Å². The predicted molar refractivity (Wildman–Crippen MR) is 81.2 cm³/mol. The van der Waals surface area contributed by atoms with Crippen molar-refractivity contribution in [3.8, 4) is 0 Å². The van der Waals surface area contributed by atoms with Gasteiger partial charge in [0.25, 0.3) is 0 Å². The lowest BCUT2D eigenvalue weighted by atomic mass is 10.2. The molecule has 0 bridgehead atoms. The molecule has 0 atom stereocenters. The van der Waals surface area contributed by atoms with E-state index in [4.69, 9.17) is 0 Å². The smallest absolute Gasteiger partial charge is 0.308 e. The van der Waals surface area contributed by atoms with Crippen LogP contribution in [0.15, 0.2) is 36.4 Å². The van der Waals surface area contributed by atoms with Gasteiger partial charge in [-0.25, -0.2) is 9.18 Å². The number of carbonyl (C=O) groups excluding carboxylic acids is 1. The summed E-state index contributed by atoms with van der Waals surface area (Å²) < 4.78 is 21.4. The molecule has 0 fully saturated rings. The molecule has 1 heterocycles. The Morgan fingerprint density at radius 1 is 1.10 bits per heavy atom. The van der Waals surface area contributed by atoms with Crippen molar-refractivity contribution in [3.05, 3.63) is 47.8 Å². The summed E-state index contributed by atoms with van der Waals surface area (Å²) in [6, 6.07) is 9.05. The van der Waals surface area contributed by atoms with Crippen molar-refractivity contribution < 1.29 is 9.18 Å². The van der Waals surface area contributed by atoms with Crippen molar-refractivity contribution in [2.75, 3.05) is 10.6 Å². The van der Waals surface area contributed by atoms with E-state index < -0.39 is 11.8 Å². The third-order valence-corrected chi connectivity index (χ3v) is 3.52. The summed E-state index contributed by atoms with van der Waals surface area (Å²) >= 11 is 1.12. The largest absolute Gasteiger partial charge is 0.323 e. The van der Waals surface area contributed by atoms with Gasteiger partial charge in [-0.15, -0.1) is 0 Å². The summed E-state index contributed by atoms with van der Waals surface area (Å²) in [6.45, 7) is 1.79. The van der Waals surface area contributed by atoms with Crippen molar-refractivity contribution in [3.63, 3.8) is 0 Å². The molecule has 0 radical (unpaired) electrons. The third-order valence-electron chi connectivity index (χ3n) is 2.96. The Morgan fingerprint density at radius 3 is 2.76 bits per heavy atom. The fourth-order valence-electron chi connectivity index (χ4n) is 1.87. The van der Waals surface area contributed by atoms with Crippen LogP contribution in [0.5, 0.6) is 0 Å². The Morgan fingerprint density at radius 2 is 1.90 bits per heavy atom. The van der Waals surface area contributed by atoms with Gasteiger partial charge in [0.05, 0.1) is 11.7 Å². The van der Waals surface area contributed by atoms with E-state index >= 15 is 0 Å². The summed E-state index contributed by atoms with van der Waals surface area (Å²) in [6.07, 6.45) is 0. The number of carbonyl (C=O) groups is 1. The summed E-state index contributed by atoms with van der Waals surface area (Å²) in [5.41, 5.74) is 3.32. The number of amides is 2. The van der Waals surface area contributed by atoms with Crippen LogP contribution in [0.25, 0.3) is 11.0 Å². The van der Waals surface area contributed by atoms with Crippen LogP contribution in [0.4, 0.5) is 20.6 Å². The first-order chi connectivity index (χ1) is 10.1. The molecule has 7 heteroatoms. The van der Waals surface area contributed by atoms with Gasteiger partial charge in [-0.05, 0) is 42.8 Å². The van der Waals surface area contributed by atoms with Gasteiger partial charge in [0.15, 0.2) is 0 Å². The van der Waals surface area contributed by atoms with E-state index in [1.54, 1.807) is 31.2 Å². The van der Waals surface area contributed by atoms with Gasteiger partial charge in [-0.2, -0.15) is 8.75 Å². The zero-order valence-electron chi connectivity index (χ0n) is 11.1. The molecule has 3 aromatic rings. The number of anilines is 2. The van der Waals surface area contributed by atoms with E-state index in [0.717, 1.165) is 28.3 Å². The minimum Gasteiger partial charge on any atom is -0.308 e. The van der Waals surface area contributed by atoms with Crippen molar-refractivity contribution in [1.29, 1.82) is 0 Å². The van der Waals surface area contributed by atoms with E-state index in [-0.39, 0.29) is 0 Å². The molecule has 0 spiro atoms. The molecule has 0 saturated heterocycles. The maximum absolute atomic E-state index is 13.2. The highest BCUT2D eigenvalue weighted by Gasteiger charge is 2.07. The Bertz CT molecular complexity index is 818. The van der Waals surface area contributed by atoms with Gasteiger partial charge < -0.3 is 10.6 Å². The van der Waals surface area contributed by atoms with Crippen LogP contribution in [0.3, 0.4) is 0 Å². The Kier molecular flexibility index (Phi) is 3.49. The van der Waals surface area contributed by atoms with Crippen LogP contribution in [0.2, 0.25) is 0 Å². The Labute approximate surface area is 124 Å². The highest BCUT2D eigenvalue weighted by Crippen LogP contribution is 2.19. The fourth-order valence-corrected chi connectivity index (χ4v) is 2.39. The van der Waals surface area contributed by atoms with E-state index in [1.165, 1.54) is 12.1 Å². The molecule has 21 heavy (non-hydrogen) atoms. The average molecular weight is 302 g/mol. The molecular formula is C14H11FN4OS. The first-order valence-electron chi connectivity index (χ1n) is 6.18. The lowest BCUT2D eigenvalue weighted by Gasteiger charge is -2.10. The number of hydrogen-bond donors (Lipinski definition) is 2. The van der Waals surface area contributed by atoms with Gasteiger partial charge >= 0.3 is 6.03 Å². The highest BCUT2D eigenvalue weighted by molar-refractivity contribution is 7.00. The lowest BCUT2D eigenvalue weighted by Crippen LogP contribution is -2.20. The summed E-state index contributed by atoms with van der Waals surface area (Å²) in [4.78, 5) is 11.9. The van der Waals surface area contributed by atoms with Crippen molar-refractivity contribution in [1.82, 2.24) is 8.75 Å². The molecule has 1 aromatic heterocycles. The Hall–Kier alpha value is -2.54. The van der Waals surface area contributed by atoms with Crippen LogP contribution >= 0.6 is 11.7 Å². The van der Waals surface area contributed by atoms with E-state index in [0.29, 0.717) is 11.4 Å². The number of fused-ring (bicyclic) bond motifs is 1. The van der Waals surface area contributed by atoms with Crippen molar-refractivity contribution >= 4 is 40.2 Å². The average Bonchev–Trinajstić information content (AvgIpc) is 2.90. The van der Waals surface area contributed by atoms with Gasteiger partial charge in [0.2, 0.25) is 0 Å². The number of hydrogen-bond acceptors (Lipinski definition) is 4. The molecule has 2 amide bonds. The standard InChI is InChI=1S/C14H11FN4OS/c1-8-2-3-9(15)6-12(8)17-14(20)16-10-4-5-11-13(7-10)19-21-18-11/h2-7H,1H3,(H2,16,17,20). The number of rotatable bonds is 2. The zero-order chi connectivity index (χ0) is 14.8. The molecule has 0 aliphatic heterocycles. The molecular weight excluding hydrogens is 291 g/mol. The summed E-state index contributed by atoms with van der Waals surface area (Å²) in [7, 11) is 0. The highest BCUT2D eigenvalue weighted by atomic mass is 32.1. The summed E-state index contributed by atoms with van der Waals surface area (Å²) in [5.74, 6) is -0.397. The van der Waals surface area contributed by atoms with Crippen molar-refractivity contribution in [2.24, 2.45) is 0 Å². The second-order valence-corrected chi connectivity index (χ2v) is 5.03. The zero-order valence-corrected chi connectivity index (χ0v) is 11.9. The number of aromatic nitrogens is 2. The van der Waals surface area contributed by atoms with Crippen LogP contribution in [-0.2, 0) is 0 Å². The Balaban J connectivity index is 1.75. The minimum atomic E-state index is -0.439. The first-order valence-corrected chi connectivity index (χ1v) is 6.91. The SMILES string of the molecule is Cc1ccc(F)cc1NC(=O)Nc1ccc2nsnc2c1. The molecule has 0 aliphatic carbocycles. The molecule has 2 N–H and O–H groups in total. The van der Waals surface area contributed by atoms with E-state index in [2.05, 4.69) is 19.4 Å². The van der Waals surface area contributed by atoms with E-state index in [1.807, 2.05) is 0 Å². The fraction of sp³-hybridized carbons (Fsp3) is 0.0714. The van der Waals surface area contributed by atoms with Crippen LogP contribution in [-0.4, -0.2) is 14.8 Å². The molecule has 0 saturated carbocycles. The quantitative estimate of drug-likeness (QED) is 0.757. The predicted octanol–water partition coefficient (Wildman–Crippen LogP) is 3.78. The van der Waals surface area contributed by atoms with Crippen LogP contribution in [0.1, 0.15) is 5.56 Å². The number of aryl methyl sites for hydroxylation is 1. The van der Waals surface area contributed by atoms with Crippen LogP contribution in [0, 0.1) is 12.7 Å². The molecule has 106 valence electrons. The second kappa shape index (κ2) is 5.45. The van der Waals surface area contributed by atoms with Crippen molar-refractivity contribution in [2.45, 2.75) is 6.92 Å². The number of urea groups is 1. The third kappa shape index (κ3) is 2.97. The van der Waals surface area contributed by atoms with E-state index in [9.17, 15) is 9.18 Å². The molecule has 3 rings (SSSR count). The van der Waals surface area contributed by atoms with Gasteiger partial charge in [-0.3, -0.25) is 0 Å². The number of halogens is 1. The topological polar surface area (TPSA) is 66.9 Å². The maximum atomic E-state index is 13.2. The number of benzene rings is 2. The maximum Gasteiger partial charge on any atom is 0.323 e. The lowest BCUT2D eigenvalue weighted by molar-refractivity contribution is 0.262. The molecule has 5 nitrogen and oxygen atoms in total.